The van der Waals surface area contributed by atoms with Gasteiger partial charge in [0.25, 0.3) is 0 Å². The number of aromatic nitrogens is 2. The predicted octanol–water partition coefficient (Wildman–Crippen LogP) is 18.3. The molecule has 0 aliphatic heterocycles. The summed E-state index contributed by atoms with van der Waals surface area (Å²) in [5, 5.41) is 2.44. The molecule has 0 unspecified atom stereocenters. The topological polar surface area (TPSA) is 31.0 Å². The molecule has 3 heteroatoms. The molecule has 3 nitrogen and oxygen atoms in total. The highest BCUT2D eigenvalue weighted by Crippen LogP contribution is 2.41. The van der Waals surface area contributed by atoms with Gasteiger partial charge in [0.2, 0.25) is 5.89 Å². The zero-order chi connectivity index (χ0) is 46.4. The first kappa shape index (κ1) is 40.9. The summed E-state index contributed by atoms with van der Waals surface area (Å²) in [5.41, 5.74) is 22.7. The fourth-order valence-electron chi connectivity index (χ4n) is 10.1. The molecule has 0 N–H and O–H groups in total. The number of benzene rings is 11. The van der Waals surface area contributed by atoms with Crippen LogP contribution in [-0.2, 0) is 0 Å². The van der Waals surface area contributed by atoms with Crippen LogP contribution < -0.4 is 0 Å². The molecule has 0 saturated carbocycles. The van der Waals surface area contributed by atoms with Crippen molar-refractivity contribution in [3.8, 4) is 95.0 Å². The van der Waals surface area contributed by atoms with Gasteiger partial charge in [0, 0.05) is 22.0 Å². The molecule has 0 amide bonds. The second kappa shape index (κ2) is 17.4. The Labute approximate surface area is 406 Å². The molecule has 0 atom stereocenters. The van der Waals surface area contributed by atoms with Crippen LogP contribution in [0.4, 0.5) is 0 Å². The predicted molar refractivity (Wildman–Crippen MR) is 292 cm³/mol. The van der Waals surface area contributed by atoms with Crippen LogP contribution in [0.25, 0.3) is 128 Å². The molecule has 70 heavy (non-hydrogen) atoms. The first-order chi connectivity index (χ1) is 34.7. The molecule has 0 saturated heterocycles. The van der Waals surface area contributed by atoms with Crippen molar-refractivity contribution in [2.45, 2.75) is 0 Å². The van der Waals surface area contributed by atoms with Gasteiger partial charge in [0.05, 0.1) is 11.0 Å². The lowest BCUT2D eigenvalue weighted by atomic mass is 9.89. The van der Waals surface area contributed by atoms with E-state index < -0.39 is 0 Å². The second-order valence-corrected chi connectivity index (χ2v) is 17.9. The van der Waals surface area contributed by atoms with Crippen LogP contribution in [-0.4, -0.2) is 9.55 Å². The Morgan fingerprint density at radius 3 is 1.11 bits per heavy atom. The lowest BCUT2D eigenvalue weighted by molar-refractivity contribution is 0.620. The van der Waals surface area contributed by atoms with E-state index in [4.69, 9.17) is 9.40 Å². The van der Waals surface area contributed by atoms with Gasteiger partial charge in [-0.15, -0.1) is 0 Å². The van der Waals surface area contributed by atoms with Crippen molar-refractivity contribution in [1.82, 2.24) is 9.55 Å². The minimum absolute atomic E-state index is 0.625. The van der Waals surface area contributed by atoms with Crippen molar-refractivity contribution in [2.24, 2.45) is 0 Å². The minimum atomic E-state index is 0.625. The normalized spacial score (nSPS) is 11.4. The summed E-state index contributed by atoms with van der Waals surface area (Å²) >= 11 is 0. The van der Waals surface area contributed by atoms with Gasteiger partial charge in [0.15, 0.2) is 5.58 Å². The summed E-state index contributed by atoms with van der Waals surface area (Å²) in [6, 6.07) is 95.9. The van der Waals surface area contributed by atoms with E-state index >= 15 is 0 Å². The fourth-order valence-corrected chi connectivity index (χ4v) is 10.1. The molecule has 0 spiro atoms. The maximum atomic E-state index is 6.09. The minimum Gasteiger partial charge on any atom is -0.436 e. The van der Waals surface area contributed by atoms with E-state index in [1.807, 2.05) is 24.3 Å². The zero-order valence-corrected chi connectivity index (χ0v) is 38.2. The Hall–Kier alpha value is -9.31. The maximum absolute atomic E-state index is 6.09. The van der Waals surface area contributed by atoms with E-state index in [9.17, 15) is 0 Å². The van der Waals surface area contributed by atoms with Crippen LogP contribution in [0.3, 0.4) is 0 Å². The molecular weight excluding hydrogens is 849 g/mol. The summed E-state index contributed by atoms with van der Waals surface area (Å²) in [6.07, 6.45) is 0. The van der Waals surface area contributed by atoms with Crippen LogP contribution >= 0.6 is 0 Å². The Bertz CT molecular complexity index is 3820. The summed E-state index contributed by atoms with van der Waals surface area (Å²) in [7, 11) is 0. The first-order valence-electron chi connectivity index (χ1n) is 23.8. The number of fused-ring (bicyclic) bond motifs is 4. The number of nitrogens with zero attached hydrogens (tertiary/aromatic N) is 2. The molecule has 0 fully saturated rings. The van der Waals surface area contributed by atoms with E-state index in [1.165, 1.54) is 88.6 Å². The SMILES string of the molecule is c1ccc(-c2ccc(-c3ccc4c(c3)c3cc(-c5ccc(-c6ccccc6)cc5)ccc3n4-c3ccc(-c4ccccc4-c4ccccc4-c4ccc(-c5nc6ccccc6o5)cc4)cc3)cc2)cc1. The smallest absolute Gasteiger partial charge is 0.227 e. The molecule has 2 heterocycles. The van der Waals surface area contributed by atoms with Crippen LogP contribution in [0.1, 0.15) is 0 Å². The van der Waals surface area contributed by atoms with Gasteiger partial charge in [-0.1, -0.05) is 206 Å². The Kier molecular flexibility index (Phi) is 10.2. The van der Waals surface area contributed by atoms with Crippen molar-refractivity contribution in [1.29, 1.82) is 0 Å². The standard InChI is InChI=1S/C67H44N2O/c1-3-13-45(14-4-1)47-23-27-49(28-24-47)54-37-41-64-61(43-54)62-44-55(50-29-25-48(26-30-50)46-15-5-2-6-16-46)38-42-65(62)69(64)56-39-35-52(36-40-56)58-18-8-10-20-60(58)59-19-9-7-17-57(59)51-31-33-53(34-32-51)67-68-63-21-11-12-22-66(63)70-67/h1-44H. The van der Waals surface area contributed by atoms with Gasteiger partial charge >= 0.3 is 0 Å². The third-order valence-electron chi connectivity index (χ3n) is 13.7. The molecular formula is C67H44N2O. The Balaban J connectivity index is 0.871. The van der Waals surface area contributed by atoms with E-state index in [0.29, 0.717) is 5.89 Å². The van der Waals surface area contributed by atoms with Gasteiger partial charge in [-0.2, -0.15) is 0 Å². The highest BCUT2D eigenvalue weighted by atomic mass is 16.3. The van der Waals surface area contributed by atoms with E-state index in [2.05, 4.69) is 247 Å². The van der Waals surface area contributed by atoms with Crippen LogP contribution in [0.5, 0.6) is 0 Å². The zero-order valence-electron chi connectivity index (χ0n) is 38.2. The lowest BCUT2D eigenvalue weighted by Gasteiger charge is -2.16. The van der Waals surface area contributed by atoms with Crippen molar-refractivity contribution < 1.29 is 4.42 Å². The first-order valence-corrected chi connectivity index (χ1v) is 23.8. The van der Waals surface area contributed by atoms with Crippen LogP contribution in [0, 0.1) is 0 Å². The number of oxazole rings is 1. The Morgan fingerprint density at radius 2 is 0.629 bits per heavy atom. The fraction of sp³-hybridized carbons (Fsp3) is 0. The number of hydrogen-bond acceptors (Lipinski definition) is 2. The van der Waals surface area contributed by atoms with Gasteiger partial charge in [-0.25, -0.2) is 4.98 Å². The molecule has 0 radical (unpaired) electrons. The molecule has 2 aromatic heterocycles. The monoisotopic (exact) mass is 892 g/mol. The third-order valence-corrected chi connectivity index (χ3v) is 13.7. The average Bonchev–Trinajstić information content (AvgIpc) is 4.03. The molecule has 13 aromatic rings. The molecule has 0 bridgehead atoms. The van der Waals surface area contributed by atoms with Crippen LogP contribution in [0.2, 0.25) is 0 Å². The van der Waals surface area contributed by atoms with Gasteiger partial charge < -0.3 is 8.98 Å². The number of rotatable bonds is 9. The van der Waals surface area contributed by atoms with Crippen molar-refractivity contribution in [3.05, 3.63) is 267 Å². The third kappa shape index (κ3) is 7.47. The summed E-state index contributed by atoms with van der Waals surface area (Å²) in [5.74, 6) is 0.625. The van der Waals surface area contributed by atoms with E-state index in [0.717, 1.165) is 33.5 Å². The Morgan fingerprint density at radius 1 is 0.271 bits per heavy atom. The number of hydrogen-bond donors (Lipinski definition) is 0. The van der Waals surface area contributed by atoms with Crippen molar-refractivity contribution in [3.63, 3.8) is 0 Å². The van der Waals surface area contributed by atoms with Crippen LogP contribution in [0.15, 0.2) is 271 Å². The molecule has 0 aliphatic carbocycles. The van der Waals surface area contributed by atoms with E-state index in [1.54, 1.807) is 0 Å². The molecule has 11 aromatic carbocycles. The summed E-state index contributed by atoms with van der Waals surface area (Å²) in [4.78, 5) is 4.73. The van der Waals surface area contributed by atoms with Crippen molar-refractivity contribution >= 4 is 32.9 Å². The van der Waals surface area contributed by atoms with Gasteiger partial charge in [-0.05, 0) is 139 Å². The van der Waals surface area contributed by atoms with Gasteiger partial charge in [0.1, 0.15) is 5.52 Å². The highest BCUT2D eigenvalue weighted by molar-refractivity contribution is 6.12. The molecule has 328 valence electrons. The number of para-hydroxylation sites is 2. The highest BCUT2D eigenvalue weighted by Gasteiger charge is 2.18. The van der Waals surface area contributed by atoms with E-state index in [-0.39, 0.29) is 0 Å². The molecule has 0 aliphatic rings. The molecule has 13 rings (SSSR count). The largest absolute Gasteiger partial charge is 0.436 e. The quantitative estimate of drug-likeness (QED) is 0.145. The summed E-state index contributed by atoms with van der Waals surface area (Å²) < 4.78 is 8.51. The second-order valence-electron chi connectivity index (χ2n) is 17.9. The lowest BCUT2D eigenvalue weighted by Crippen LogP contribution is -1.94. The maximum Gasteiger partial charge on any atom is 0.227 e. The van der Waals surface area contributed by atoms with Gasteiger partial charge in [-0.3, -0.25) is 0 Å². The average molecular weight is 893 g/mol. The summed E-state index contributed by atoms with van der Waals surface area (Å²) in [6.45, 7) is 0. The van der Waals surface area contributed by atoms with Crippen molar-refractivity contribution in [2.75, 3.05) is 0 Å².